The number of Topliss-reactive ketones (excluding diaryl/α,β-unsaturated/α-hetero) is 1. The van der Waals surface area contributed by atoms with Gasteiger partial charge in [-0.3, -0.25) is 9.59 Å². The first-order valence-electron chi connectivity index (χ1n) is 14.9. The lowest BCUT2D eigenvalue weighted by Crippen LogP contribution is -2.35. The number of rotatable bonds is 10. The van der Waals surface area contributed by atoms with Crippen LogP contribution in [0.25, 0.3) is 0 Å². The van der Waals surface area contributed by atoms with Gasteiger partial charge in [0, 0.05) is 24.1 Å². The molecule has 3 aliphatic carbocycles. The maximum absolute atomic E-state index is 13.3. The van der Waals surface area contributed by atoms with E-state index in [1.165, 1.54) is 35.2 Å². The average Bonchev–Trinajstić information content (AvgIpc) is 3.78. The van der Waals surface area contributed by atoms with Crippen LogP contribution >= 0.6 is 0 Å². The number of nitrogens with zero attached hydrogens (tertiary/aromatic N) is 1. The summed E-state index contributed by atoms with van der Waals surface area (Å²) in [7, 11) is 0. The summed E-state index contributed by atoms with van der Waals surface area (Å²) < 4.78 is 11.2. The summed E-state index contributed by atoms with van der Waals surface area (Å²) in [6, 6.07) is 15.8. The van der Waals surface area contributed by atoms with Crippen molar-refractivity contribution in [3.63, 3.8) is 0 Å². The minimum atomic E-state index is -0.0908. The van der Waals surface area contributed by atoms with Gasteiger partial charge in [-0.15, -0.1) is 0 Å². The Morgan fingerprint density at radius 1 is 0.816 bits per heavy atom. The zero-order valence-corrected chi connectivity index (χ0v) is 22.7. The van der Waals surface area contributed by atoms with Gasteiger partial charge in [-0.25, -0.2) is 0 Å². The fourth-order valence-corrected chi connectivity index (χ4v) is 6.09. The topological polar surface area (TPSA) is 55.8 Å². The lowest BCUT2D eigenvalue weighted by Gasteiger charge is -2.39. The highest BCUT2D eigenvalue weighted by Gasteiger charge is 2.38. The molecule has 1 heterocycles. The van der Waals surface area contributed by atoms with Crippen molar-refractivity contribution in [1.29, 1.82) is 0 Å². The predicted octanol–water partition coefficient (Wildman–Crippen LogP) is 6.92. The molecule has 4 aliphatic rings. The van der Waals surface area contributed by atoms with E-state index in [0.717, 1.165) is 69.6 Å². The van der Waals surface area contributed by atoms with E-state index < -0.39 is 0 Å². The smallest absolute Gasteiger partial charge is 0.309 e. The van der Waals surface area contributed by atoms with Crippen LogP contribution in [0, 0.1) is 24.7 Å². The van der Waals surface area contributed by atoms with Crippen LogP contribution in [0.15, 0.2) is 42.5 Å². The Morgan fingerprint density at radius 2 is 1.55 bits per heavy atom. The third-order valence-electron chi connectivity index (χ3n) is 8.82. The molecule has 0 N–H and O–H groups in total. The number of hydrogen-bond donors (Lipinski definition) is 0. The second kappa shape index (κ2) is 11.1. The highest BCUT2D eigenvalue weighted by molar-refractivity contribution is 5.85. The number of carbonyl (C=O) groups is 2. The van der Waals surface area contributed by atoms with Crippen molar-refractivity contribution in [2.24, 2.45) is 17.8 Å². The summed E-state index contributed by atoms with van der Waals surface area (Å²) in [5, 5.41) is 0. The second-order valence-electron chi connectivity index (χ2n) is 12.0. The number of ketones is 1. The summed E-state index contributed by atoms with van der Waals surface area (Å²) in [5.41, 5.74) is 5.16. The van der Waals surface area contributed by atoms with Gasteiger partial charge in [0.25, 0.3) is 0 Å². The van der Waals surface area contributed by atoms with Crippen molar-refractivity contribution in [2.45, 2.75) is 83.1 Å². The number of hydrogen-bond acceptors (Lipinski definition) is 5. The van der Waals surface area contributed by atoms with Crippen LogP contribution in [0.4, 0.5) is 5.69 Å². The Morgan fingerprint density at radius 3 is 2.24 bits per heavy atom. The quantitative estimate of drug-likeness (QED) is 0.254. The van der Waals surface area contributed by atoms with Crippen LogP contribution < -0.4 is 9.64 Å². The van der Waals surface area contributed by atoms with E-state index in [9.17, 15) is 9.59 Å². The van der Waals surface area contributed by atoms with Crippen LogP contribution in [0.2, 0.25) is 0 Å². The molecule has 0 amide bonds. The highest BCUT2D eigenvalue weighted by atomic mass is 16.6. The molecule has 4 fully saturated rings. The van der Waals surface area contributed by atoms with Crippen LogP contribution in [0.5, 0.6) is 5.75 Å². The van der Waals surface area contributed by atoms with E-state index in [2.05, 4.69) is 48.2 Å². The summed E-state index contributed by atoms with van der Waals surface area (Å²) in [5.74, 6) is 2.54. The molecule has 3 saturated carbocycles. The van der Waals surface area contributed by atoms with Crippen molar-refractivity contribution in [1.82, 2.24) is 0 Å². The summed E-state index contributed by atoms with van der Waals surface area (Å²) >= 11 is 0. The van der Waals surface area contributed by atoms with E-state index in [-0.39, 0.29) is 30.5 Å². The largest absolute Gasteiger partial charge is 0.490 e. The Labute approximate surface area is 226 Å². The zero-order chi connectivity index (χ0) is 26.1. The molecule has 1 unspecified atom stereocenters. The Bertz CT molecular complexity index is 1150. The Hall–Kier alpha value is -2.82. The van der Waals surface area contributed by atoms with E-state index in [4.69, 9.17) is 9.47 Å². The van der Waals surface area contributed by atoms with E-state index in [0.29, 0.717) is 18.3 Å². The van der Waals surface area contributed by atoms with Gasteiger partial charge in [0.2, 0.25) is 0 Å². The van der Waals surface area contributed by atoms with Crippen LogP contribution in [0.1, 0.15) is 92.9 Å². The molecule has 0 aromatic heterocycles. The van der Waals surface area contributed by atoms with Crippen molar-refractivity contribution in [3.05, 3.63) is 59.2 Å². The van der Waals surface area contributed by atoms with Crippen molar-refractivity contribution in [3.8, 4) is 5.75 Å². The lowest BCUT2D eigenvalue weighted by atomic mass is 9.83. The first kappa shape index (κ1) is 25.5. The Balaban J connectivity index is 1.20. The molecular formula is C33H41NO4. The summed E-state index contributed by atoms with van der Waals surface area (Å²) in [6.07, 6.45) is 10.8. The number of esters is 1. The minimum absolute atomic E-state index is 0.0908. The maximum Gasteiger partial charge on any atom is 0.309 e. The summed E-state index contributed by atoms with van der Waals surface area (Å²) in [6.45, 7) is 3.78. The van der Waals surface area contributed by atoms with E-state index in [1.54, 1.807) is 0 Å². The molecule has 2 atom stereocenters. The SMILES string of the molecule is Cc1cc(OCCOC(=O)C2CC2)ccc1N1CCCCC(C(=O)C2CC2)C[C@H]1c1ccc(C2CC2)cc1. The summed E-state index contributed by atoms with van der Waals surface area (Å²) in [4.78, 5) is 27.5. The molecule has 0 bridgehead atoms. The molecule has 5 heteroatoms. The van der Waals surface area contributed by atoms with Gasteiger partial charge in [0.1, 0.15) is 24.7 Å². The molecule has 1 aliphatic heterocycles. The predicted molar refractivity (Wildman–Crippen MR) is 149 cm³/mol. The van der Waals surface area contributed by atoms with Gasteiger partial charge >= 0.3 is 5.97 Å². The molecule has 6 rings (SSSR count). The Kier molecular flexibility index (Phi) is 7.45. The molecule has 5 nitrogen and oxygen atoms in total. The fourth-order valence-electron chi connectivity index (χ4n) is 6.09. The second-order valence-corrected chi connectivity index (χ2v) is 12.0. The standard InChI is InChI=1S/C33H41NO4/c1-22-20-29(37-18-19-38-33(36)27-13-14-27)15-16-30(22)34-17-3-2-4-28(32(35)26-11-12-26)21-31(34)25-9-7-24(8-10-25)23-5-6-23/h7-10,15-16,20,23,26-28,31H,2-6,11-14,17-19,21H2,1H3/t28?,31-/m0/s1. The molecule has 2 aromatic rings. The van der Waals surface area contributed by atoms with Gasteiger partial charge in [-0.2, -0.15) is 0 Å². The molecule has 0 radical (unpaired) electrons. The number of aryl methyl sites for hydroxylation is 1. The van der Waals surface area contributed by atoms with Gasteiger partial charge in [0.05, 0.1) is 12.0 Å². The van der Waals surface area contributed by atoms with Gasteiger partial charge < -0.3 is 14.4 Å². The molecule has 1 saturated heterocycles. The molecular weight excluding hydrogens is 474 g/mol. The number of ether oxygens (including phenoxy) is 2. The normalized spacial score (nSPS) is 23.9. The average molecular weight is 516 g/mol. The lowest BCUT2D eigenvalue weighted by molar-refractivity contribution is -0.145. The third-order valence-corrected chi connectivity index (χ3v) is 8.82. The fraction of sp³-hybridized carbons (Fsp3) is 0.576. The maximum atomic E-state index is 13.3. The monoisotopic (exact) mass is 515 g/mol. The molecule has 2 aromatic carbocycles. The van der Waals surface area contributed by atoms with Crippen molar-refractivity contribution >= 4 is 17.4 Å². The zero-order valence-electron chi connectivity index (χ0n) is 22.7. The molecule has 202 valence electrons. The van der Waals surface area contributed by atoms with Crippen molar-refractivity contribution in [2.75, 3.05) is 24.7 Å². The van der Waals surface area contributed by atoms with Gasteiger partial charge in [0.15, 0.2) is 0 Å². The van der Waals surface area contributed by atoms with Gasteiger partial charge in [-0.1, -0.05) is 30.7 Å². The number of benzene rings is 2. The van der Waals surface area contributed by atoms with Crippen LogP contribution in [0.3, 0.4) is 0 Å². The number of carbonyl (C=O) groups excluding carboxylic acids is 2. The van der Waals surface area contributed by atoms with Crippen LogP contribution in [-0.2, 0) is 14.3 Å². The number of anilines is 1. The first-order valence-corrected chi connectivity index (χ1v) is 14.9. The van der Waals surface area contributed by atoms with E-state index >= 15 is 0 Å². The van der Waals surface area contributed by atoms with E-state index in [1.807, 2.05) is 6.07 Å². The molecule has 0 spiro atoms. The van der Waals surface area contributed by atoms with Crippen LogP contribution in [-0.4, -0.2) is 31.5 Å². The van der Waals surface area contributed by atoms with Gasteiger partial charge in [-0.05, 0) is 106 Å². The minimum Gasteiger partial charge on any atom is -0.490 e. The molecule has 38 heavy (non-hydrogen) atoms. The highest BCUT2D eigenvalue weighted by Crippen LogP contribution is 2.44. The van der Waals surface area contributed by atoms with Crippen molar-refractivity contribution < 1.29 is 19.1 Å². The third kappa shape index (κ3) is 6.08. The first-order chi connectivity index (χ1) is 18.6.